The summed E-state index contributed by atoms with van der Waals surface area (Å²) in [5, 5.41) is 0.821. The predicted octanol–water partition coefficient (Wildman–Crippen LogP) is 5.87. The van der Waals surface area contributed by atoms with E-state index in [2.05, 4.69) is 49.8 Å². The van der Waals surface area contributed by atoms with Gasteiger partial charge < -0.3 is 4.57 Å². The molecule has 0 aliphatic heterocycles. The van der Waals surface area contributed by atoms with Crippen LogP contribution in [0.5, 0.6) is 0 Å². The topological polar surface area (TPSA) is 22.0 Å². The van der Waals surface area contributed by atoms with Gasteiger partial charge in [0.25, 0.3) is 0 Å². The molecule has 0 unspecified atom stereocenters. The molecule has 0 spiro atoms. The normalized spacial score (nSPS) is 11.8. The molecule has 25 heavy (non-hydrogen) atoms. The van der Waals surface area contributed by atoms with Gasteiger partial charge in [-0.2, -0.15) is 0 Å². The van der Waals surface area contributed by atoms with E-state index in [4.69, 9.17) is 0 Å². The van der Waals surface area contributed by atoms with Crippen LogP contribution in [0.1, 0.15) is 44.9 Å². The standard InChI is InChI=1S/C22H29NOS/c1-16(2)9-8-10-17(3)13-14-20-18(4)22(24)19-11-6-7-12-21(19)23(20)15-25-5/h6-7,9,11-13H,8,10,14-15H2,1-5H3. The van der Waals surface area contributed by atoms with Gasteiger partial charge in [-0.05, 0) is 58.9 Å². The monoisotopic (exact) mass is 355 g/mol. The van der Waals surface area contributed by atoms with E-state index >= 15 is 0 Å². The van der Waals surface area contributed by atoms with Crippen LogP contribution in [-0.2, 0) is 12.3 Å². The number of allylic oxidation sites excluding steroid dienone is 4. The Morgan fingerprint density at radius 3 is 2.56 bits per heavy atom. The zero-order valence-electron chi connectivity index (χ0n) is 16.1. The summed E-state index contributed by atoms with van der Waals surface area (Å²) in [7, 11) is 0. The van der Waals surface area contributed by atoms with Gasteiger partial charge in [0.15, 0.2) is 5.43 Å². The molecule has 1 aromatic heterocycles. The molecule has 2 rings (SSSR count). The summed E-state index contributed by atoms with van der Waals surface area (Å²) in [5.41, 5.74) is 5.97. The van der Waals surface area contributed by atoms with E-state index in [1.807, 2.05) is 25.1 Å². The van der Waals surface area contributed by atoms with Gasteiger partial charge in [-0.25, -0.2) is 0 Å². The van der Waals surface area contributed by atoms with E-state index < -0.39 is 0 Å². The summed E-state index contributed by atoms with van der Waals surface area (Å²) in [6, 6.07) is 7.95. The van der Waals surface area contributed by atoms with Gasteiger partial charge in [0.2, 0.25) is 0 Å². The highest BCUT2D eigenvalue weighted by molar-refractivity contribution is 7.97. The number of hydrogen-bond acceptors (Lipinski definition) is 2. The fourth-order valence-electron chi connectivity index (χ4n) is 3.08. The van der Waals surface area contributed by atoms with Gasteiger partial charge >= 0.3 is 0 Å². The Kier molecular flexibility index (Phi) is 7.12. The van der Waals surface area contributed by atoms with Crippen LogP contribution < -0.4 is 5.43 Å². The first-order chi connectivity index (χ1) is 12.0. The number of nitrogens with zero attached hydrogens (tertiary/aromatic N) is 1. The lowest BCUT2D eigenvalue weighted by Crippen LogP contribution is -2.18. The molecule has 0 fully saturated rings. The molecule has 1 heterocycles. The maximum absolute atomic E-state index is 12.7. The Morgan fingerprint density at radius 1 is 1.16 bits per heavy atom. The van der Waals surface area contributed by atoms with Crippen molar-refractivity contribution >= 4 is 22.7 Å². The molecule has 0 saturated carbocycles. The van der Waals surface area contributed by atoms with E-state index in [0.717, 1.165) is 47.3 Å². The lowest BCUT2D eigenvalue weighted by molar-refractivity contribution is 0.834. The van der Waals surface area contributed by atoms with Crippen molar-refractivity contribution in [2.24, 2.45) is 0 Å². The second-order valence-electron chi connectivity index (χ2n) is 6.84. The van der Waals surface area contributed by atoms with Gasteiger partial charge in [-0.1, -0.05) is 35.4 Å². The first-order valence-electron chi connectivity index (χ1n) is 8.84. The van der Waals surface area contributed by atoms with Gasteiger partial charge in [0.1, 0.15) is 0 Å². The Bertz CT molecular complexity index is 854. The predicted molar refractivity (Wildman–Crippen MR) is 113 cm³/mol. The van der Waals surface area contributed by atoms with Gasteiger partial charge in [-0.15, -0.1) is 11.8 Å². The van der Waals surface area contributed by atoms with Crippen LogP contribution in [0.4, 0.5) is 0 Å². The maximum Gasteiger partial charge on any atom is 0.192 e. The van der Waals surface area contributed by atoms with Crippen LogP contribution in [0, 0.1) is 6.92 Å². The van der Waals surface area contributed by atoms with Gasteiger partial charge in [0.05, 0.1) is 11.4 Å². The number of fused-ring (bicyclic) bond motifs is 1. The van der Waals surface area contributed by atoms with Crippen molar-refractivity contribution in [1.29, 1.82) is 0 Å². The van der Waals surface area contributed by atoms with Crippen molar-refractivity contribution < 1.29 is 0 Å². The highest BCUT2D eigenvalue weighted by Crippen LogP contribution is 2.20. The first-order valence-corrected chi connectivity index (χ1v) is 10.2. The lowest BCUT2D eigenvalue weighted by Gasteiger charge is -2.18. The van der Waals surface area contributed by atoms with Crippen LogP contribution in [0.25, 0.3) is 10.9 Å². The van der Waals surface area contributed by atoms with Crippen LogP contribution in [-0.4, -0.2) is 10.8 Å². The molecule has 3 heteroatoms. The molecule has 0 aliphatic carbocycles. The van der Waals surface area contributed by atoms with Crippen molar-refractivity contribution in [1.82, 2.24) is 4.57 Å². The molecule has 2 nitrogen and oxygen atoms in total. The average Bonchev–Trinajstić information content (AvgIpc) is 2.59. The Balaban J connectivity index is 2.40. The molecule has 0 N–H and O–H groups in total. The summed E-state index contributed by atoms with van der Waals surface area (Å²) in [4.78, 5) is 12.7. The molecular weight excluding hydrogens is 326 g/mol. The molecule has 0 aliphatic rings. The summed E-state index contributed by atoms with van der Waals surface area (Å²) in [6.07, 6.45) is 9.64. The van der Waals surface area contributed by atoms with Crippen LogP contribution in [0.3, 0.4) is 0 Å². The zero-order chi connectivity index (χ0) is 18.4. The molecule has 0 saturated heterocycles. The molecular formula is C22H29NOS. The number of benzene rings is 1. The number of aromatic nitrogens is 1. The minimum absolute atomic E-state index is 0.165. The average molecular weight is 356 g/mol. The van der Waals surface area contributed by atoms with Crippen LogP contribution in [0.2, 0.25) is 0 Å². The summed E-state index contributed by atoms with van der Waals surface area (Å²) in [6.45, 7) is 8.43. The van der Waals surface area contributed by atoms with E-state index in [1.165, 1.54) is 11.1 Å². The smallest absolute Gasteiger partial charge is 0.192 e. The number of pyridine rings is 1. The number of para-hydroxylation sites is 1. The Morgan fingerprint density at radius 2 is 1.88 bits per heavy atom. The molecule has 0 bridgehead atoms. The van der Waals surface area contributed by atoms with E-state index in [1.54, 1.807) is 11.8 Å². The van der Waals surface area contributed by atoms with E-state index in [9.17, 15) is 4.79 Å². The second kappa shape index (κ2) is 9.10. The molecule has 0 radical (unpaired) electrons. The van der Waals surface area contributed by atoms with E-state index in [-0.39, 0.29) is 5.43 Å². The molecule has 1 aromatic carbocycles. The second-order valence-corrected chi connectivity index (χ2v) is 7.67. The van der Waals surface area contributed by atoms with Crippen molar-refractivity contribution in [3.8, 4) is 0 Å². The van der Waals surface area contributed by atoms with Crippen molar-refractivity contribution in [2.75, 3.05) is 6.26 Å². The number of hydrogen-bond donors (Lipinski definition) is 0. The van der Waals surface area contributed by atoms with Crippen molar-refractivity contribution in [3.05, 3.63) is 69.0 Å². The SMILES string of the molecule is CSCn1c(CC=C(C)CCC=C(C)C)c(C)c(=O)c2ccccc21. The molecule has 134 valence electrons. The third kappa shape index (κ3) is 4.88. The summed E-state index contributed by atoms with van der Waals surface area (Å²) in [5.74, 6) is 0.863. The Labute approximate surface area is 155 Å². The largest absolute Gasteiger partial charge is 0.334 e. The number of rotatable bonds is 7. The van der Waals surface area contributed by atoms with Crippen LogP contribution in [0.15, 0.2) is 52.4 Å². The molecule has 0 amide bonds. The van der Waals surface area contributed by atoms with Gasteiger partial charge in [-0.3, -0.25) is 4.79 Å². The fraction of sp³-hybridized carbons (Fsp3) is 0.409. The third-order valence-electron chi connectivity index (χ3n) is 4.53. The van der Waals surface area contributed by atoms with Gasteiger partial charge in [0, 0.05) is 23.1 Å². The maximum atomic E-state index is 12.7. The minimum Gasteiger partial charge on any atom is -0.334 e. The Hall–Kier alpha value is -1.74. The zero-order valence-corrected chi connectivity index (χ0v) is 16.9. The van der Waals surface area contributed by atoms with Crippen molar-refractivity contribution in [2.45, 2.75) is 52.8 Å². The first kappa shape index (κ1) is 19.6. The fourth-order valence-corrected chi connectivity index (χ4v) is 3.64. The third-order valence-corrected chi connectivity index (χ3v) is 5.05. The number of thioether (sulfide) groups is 1. The quantitative estimate of drug-likeness (QED) is 0.580. The van der Waals surface area contributed by atoms with Crippen molar-refractivity contribution in [3.63, 3.8) is 0 Å². The summed E-state index contributed by atoms with van der Waals surface area (Å²) < 4.78 is 2.30. The highest BCUT2D eigenvalue weighted by Gasteiger charge is 2.12. The minimum atomic E-state index is 0.165. The summed E-state index contributed by atoms with van der Waals surface area (Å²) >= 11 is 1.78. The van der Waals surface area contributed by atoms with E-state index in [0.29, 0.717) is 0 Å². The molecule has 2 aromatic rings. The highest BCUT2D eigenvalue weighted by atomic mass is 32.2. The molecule has 0 atom stereocenters. The lowest BCUT2D eigenvalue weighted by atomic mass is 10.0. The van der Waals surface area contributed by atoms with Crippen LogP contribution >= 0.6 is 11.8 Å².